The summed E-state index contributed by atoms with van der Waals surface area (Å²) in [4.78, 5) is 22.5. The van der Waals surface area contributed by atoms with Gasteiger partial charge in [0.25, 0.3) is 0 Å². The molecule has 0 aliphatic rings. The molecular formula is C12H16BrN3O2. The summed E-state index contributed by atoms with van der Waals surface area (Å²) in [6.07, 6.45) is 0. The third kappa shape index (κ3) is 4.75. The molecule has 0 heterocycles. The molecule has 1 rings (SSSR count). The number of rotatable bonds is 4. The summed E-state index contributed by atoms with van der Waals surface area (Å²) < 4.78 is 0.984. The SMILES string of the molecule is CCNC(=O)NC(=O)CNc1ccc(Br)cc1C. The molecule has 0 atom stereocenters. The molecular weight excluding hydrogens is 298 g/mol. The van der Waals surface area contributed by atoms with Crippen molar-refractivity contribution in [2.24, 2.45) is 0 Å². The quantitative estimate of drug-likeness (QED) is 0.796. The summed E-state index contributed by atoms with van der Waals surface area (Å²) in [5, 5.41) is 7.68. The molecule has 1 aromatic carbocycles. The number of aryl methyl sites for hydroxylation is 1. The molecule has 0 saturated heterocycles. The van der Waals surface area contributed by atoms with Crippen LogP contribution in [0, 0.1) is 6.92 Å². The van der Waals surface area contributed by atoms with Crippen LogP contribution in [0.5, 0.6) is 0 Å². The highest BCUT2D eigenvalue weighted by Gasteiger charge is 2.06. The van der Waals surface area contributed by atoms with E-state index in [-0.39, 0.29) is 12.5 Å². The van der Waals surface area contributed by atoms with Gasteiger partial charge in [-0.3, -0.25) is 10.1 Å². The van der Waals surface area contributed by atoms with Crippen molar-refractivity contribution in [3.05, 3.63) is 28.2 Å². The number of nitrogens with one attached hydrogen (secondary N) is 3. The zero-order valence-electron chi connectivity index (χ0n) is 10.3. The van der Waals surface area contributed by atoms with Crippen LogP contribution in [0.3, 0.4) is 0 Å². The predicted octanol–water partition coefficient (Wildman–Crippen LogP) is 2.02. The van der Waals surface area contributed by atoms with Crippen LogP contribution in [0.4, 0.5) is 10.5 Å². The Hall–Kier alpha value is -1.56. The van der Waals surface area contributed by atoms with Gasteiger partial charge in [0.05, 0.1) is 6.54 Å². The zero-order chi connectivity index (χ0) is 13.5. The van der Waals surface area contributed by atoms with Crippen molar-refractivity contribution < 1.29 is 9.59 Å². The molecule has 3 amide bonds. The van der Waals surface area contributed by atoms with E-state index in [2.05, 4.69) is 31.9 Å². The van der Waals surface area contributed by atoms with Gasteiger partial charge in [-0.15, -0.1) is 0 Å². The van der Waals surface area contributed by atoms with E-state index in [4.69, 9.17) is 0 Å². The summed E-state index contributed by atoms with van der Waals surface area (Å²) in [5.41, 5.74) is 1.89. The van der Waals surface area contributed by atoms with Crippen molar-refractivity contribution in [3.8, 4) is 0 Å². The molecule has 18 heavy (non-hydrogen) atoms. The van der Waals surface area contributed by atoms with Gasteiger partial charge >= 0.3 is 6.03 Å². The van der Waals surface area contributed by atoms with Gasteiger partial charge in [-0.05, 0) is 37.6 Å². The normalized spacial score (nSPS) is 9.72. The number of urea groups is 1. The lowest BCUT2D eigenvalue weighted by Crippen LogP contribution is -2.41. The minimum absolute atomic E-state index is 0.0552. The zero-order valence-corrected chi connectivity index (χ0v) is 11.9. The van der Waals surface area contributed by atoms with Gasteiger partial charge in [0.2, 0.25) is 5.91 Å². The Morgan fingerprint density at radius 1 is 1.33 bits per heavy atom. The number of hydrogen-bond donors (Lipinski definition) is 3. The number of amides is 3. The van der Waals surface area contributed by atoms with Crippen LogP contribution in [0.1, 0.15) is 12.5 Å². The fourth-order valence-corrected chi connectivity index (χ4v) is 1.85. The molecule has 1 aromatic rings. The maximum absolute atomic E-state index is 11.4. The molecule has 0 bridgehead atoms. The lowest BCUT2D eigenvalue weighted by Gasteiger charge is -2.10. The van der Waals surface area contributed by atoms with Crippen molar-refractivity contribution in [2.45, 2.75) is 13.8 Å². The Labute approximate surface area is 114 Å². The van der Waals surface area contributed by atoms with Crippen LogP contribution >= 0.6 is 15.9 Å². The summed E-state index contributed by atoms with van der Waals surface area (Å²) in [6, 6.07) is 5.23. The first-order valence-corrected chi connectivity index (χ1v) is 6.40. The third-order valence-corrected chi connectivity index (χ3v) is 2.71. The number of anilines is 1. The number of halogens is 1. The van der Waals surface area contributed by atoms with Crippen LogP contribution in [0.2, 0.25) is 0 Å². The number of imide groups is 1. The molecule has 0 radical (unpaired) electrons. The average Bonchev–Trinajstić information content (AvgIpc) is 2.28. The van der Waals surface area contributed by atoms with Gasteiger partial charge in [-0.2, -0.15) is 0 Å². The van der Waals surface area contributed by atoms with Crippen molar-refractivity contribution >= 4 is 33.6 Å². The van der Waals surface area contributed by atoms with Crippen LogP contribution < -0.4 is 16.0 Å². The van der Waals surface area contributed by atoms with Gasteiger partial charge in [0.15, 0.2) is 0 Å². The predicted molar refractivity (Wildman–Crippen MR) is 74.6 cm³/mol. The highest BCUT2D eigenvalue weighted by atomic mass is 79.9. The second kappa shape index (κ2) is 7.00. The minimum atomic E-state index is -0.475. The first kappa shape index (κ1) is 14.5. The van der Waals surface area contributed by atoms with Crippen molar-refractivity contribution in [1.82, 2.24) is 10.6 Å². The summed E-state index contributed by atoms with van der Waals surface area (Å²) >= 11 is 3.37. The van der Waals surface area contributed by atoms with E-state index in [0.717, 1.165) is 15.7 Å². The monoisotopic (exact) mass is 313 g/mol. The Balaban J connectivity index is 2.45. The van der Waals surface area contributed by atoms with Crippen molar-refractivity contribution in [1.29, 1.82) is 0 Å². The molecule has 0 saturated carbocycles. The van der Waals surface area contributed by atoms with Crippen LogP contribution in [-0.4, -0.2) is 25.0 Å². The van der Waals surface area contributed by atoms with Gasteiger partial charge in [0, 0.05) is 16.7 Å². The number of carbonyl (C=O) groups excluding carboxylic acids is 2. The highest BCUT2D eigenvalue weighted by Crippen LogP contribution is 2.19. The second-order valence-corrected chi connectivity index (χ2v) is 4.64. The van der Waals surface area contributed by atoms with E-state index in [9.17, 15) is 9.59 Å². The number of benzene rings is 1. The molecule has 6 heteroatoms. The van der Waals surface area contributed by atoms with Gasteiger partial charge in [-0.25, -0.2) is 4.79 Å². The average molecular weight is 314 g/mol. The molecule has 0 aliphatic heterocycles. The van der Waals surface area contributed by atoms with Gasteiger partial charge < -0.3 is 10.6 Å². The molecule has 0 aromatic heterocycles. The van der Waals surface area contributed by atoms with E-state index in [1.54, 1.807) is 6.92 Å². The standard InChI is InChI=1S/C12H16BrN3O2/c1-3-14-12(18)16-11(17)7-15-10-5-4-9(13)6-8(10)2/h4-6,15H,3,7H2,1-2H3,(H2,14,16,17,18). The summed E-state index contributed by atoms with van der Waals surface area (Å²) in [7, 11) is 0. The number of hydrogen-bond acceptors (Lipinski definition) is 3. The minimum Gasteiger partial charge on any atom is -0.376 e. The highest BCUT2D eigenvalue weighted by molar-refractivity contribution is 9.10. The fraction of sp³-hybridized carbons (Fsp3) is 0.333. The molecule has 0 spiro atoms. The van der Waals surface area contributed by atoms with E-state index in [1.807, 2.05) is 25.1 Å². The maximum atomic E-state index is 11.4. The summed E-state index contributed by atoms with van der Waals surface area (Å²) in [6.45, 7) is 4.26. The number of carbonyl (C=O) groups is 2. The molecule has 98 valence electrons. The summed E-state index contributed by atoms with van der Waals surface area (Å²) in [5.74, 6) is -0.372. The van der Waals surface area contributed by atoms with Crippen molar-refractivity contribution in [2.75, 3.05) is 18.4 Å². The second-order valence-electron chi connectivity index (χ2n) is 3.72. The van der Waals surface area contributed by atoms with Gasteiger partial charge in [-0.1, -0.05) is 15.9 Å². The van der Waals surface area contributed by atoms with Crippen LogP contribution in [0.25, 0.3) is 0 Å². The molecule has 0 fully saturated rings. The smallest absolute Gasteiger partial charge is 0.321 e. The maximum Gasteiger partial charge on any atom is 0.321 e. The lowest BCUT2D eigenvalue weighted by atomic mass is 10.2. The van der Waals surface area contributed by atoms with Crippen molar-refractivity contribution in [3.63, 3.8) is 0 Å². The van der Waals surface area contributed by atoms with E-state index in [0.29, 0.717) is 6.54 Å². The Morgan fingerprint density at radius 2 is 2.06 bits per heavy atom. The Bertz CT molecular complexity index is 449. The van der Waals surface area contributed by atoms with Crippen LogP contribution in [-0.2, 0) is 4.79 Å². The molecule has 0 unspecified atom stereocenters. The van der Waals surface area contributed by atoms with Gasteiger partial charge in [0.1, 0.15) is 0 Å². The first-order chi connectivity index (χ1) is 8.52. The Morgan fingerprint density at radius 3 is 2.67 bits per heavy atom. The lowest BCUT2D eigenvalue weighted by molar-refractivity contribution is -0.118. The topological polar surface area (TPSA) is 70.2 Å². The molecule has 0 aliphatic carbocycles. The third-order valence-electron chi connectivity index (χ3n) is 2.22. The van der Waals surface area contributed by atoms with E-state index >= 15 is 0 Å². The largest absolute Gasteiger partial charge is 0.376 e. The Kier molecular flexibility index (Phi) is 5.64. The molecule has 5 nitrogen and oxygen atoms in total. The van der Waals surface area contributed by atoms with Crippen LogP contribution in [0.15, 0.2) is 22.7 Å². The van der Waals surface area contributed by atoms with E-state index < -0.39 is 6.03 Å². The molecule has 3 N–H and O–H groups in total. The fourth-order valence-electron chi connectivity index (χ4n) is 1.38. The first-order valence-electron chi connectivity index (χ1n) is 5.60. The van der Waals surface area contributed by atoms with E-state index in [1.165, 1.54) is 0 Å².